The van der Waals surface area contributed by atoms with Crippen LogP contribution in [0.2, 0.25) is 0 Å². The largest absolute Gasteiger partial charge is 0.218 e. The SMILES string of the molecule is O=S1(=O)C(Br)=C(Br)c2ccccc21. The fourth-order valence-corrected chi connectivity index (χ4v) is 4.31. The van der Waals surface area contributed by atoms with Crippen molar-refractivity contribution in [2.75, 3.05) is 0 Å². The Balaban J connectivity index is 2.90. The molecule has 0 atom stereocenters. The van der Waals surface area contributed by atoms with Gasteiger partial charge in [-0.3, -0.25) is 0 Å². The van der Waals surface area contributed by atoms with Crippen LogP contribution in [0.3, 0.4) is 0 Å². The van der Waals surface area contributed by atoms with Gasteiger partial charge in [-0.2, -0.15) is 0 Å². The Morgan fingerprint density at radius 2 is 1.69 bits per heavy atom. The highest BCUT2D eigenvalue weighted by Crippen LogP contribution is 2.44. The molecule has 2 nitrogen and oxygen atoms in total. The van der Waals surface area contributed by atoms with Crippen LogP contribution in [0, 0.1) is 0 Å². The van der Waals surface area contributed by atoms with Gasteiger partial charge < -0.3 is 0 Å². The Hall–Kier alpha value is -0.130. The summed E-state index contributed by atoms with van der Waals surface area (Å²) in [5.41, 5.74) is 0.717. The van der Waals surface area contributed by atoms with Gasteiger partial charge >= 0.3 is 0 Å². The van der Waals surface area contributed by atoms with E-state index in [2.05, 4.69) is 31.9 Å². The molecule has 1 heterocycles. The molecule has 13 heavy (non-hydrogen) atoms. The van der Waals surface area contributed by atoms with E-state index in [1.807, 2.05) is 0 Å². The van der Waals surface area contributed by atoms with E-state index in [4.69, 9.17) is 0 Å². The molecule has 1 aromatic rings. The second-order valence-corrected chi connectivity index (χ2v) is 6.55. The lowest BCUT2D eigenvalue weighted by Crippen LogP contribution is -1.95. The summed E-state index contributed by atoms with van der Waals surface area (Å²) in [5, 5.41) is 0. The second kappa shape index (κ2) is 2.93. The Labute approximate surface area is 92.8 Å². The lowest BCUT2D eigenvalue weighted by atomic mass is 10.2. The van der Waals surface area contributed by atoms with E-state index in [9.17, 15) is 8.42 Å². The molecule has 5 heteroatoms. The van der Waals surface area contributed by atoms with Crippen molar-refractivity contribution in [1.29, 1.82) is 0 Å². The molecular weight excluding hydrogens is 320 g/mol. The van der Waals surface area contributed by atoms with E-state index < -0.39 is 9.84 Å². The summed E-state index contributed by atoms with van der Waals surface area (Å²) in [6.07, 6.45) is 0. The number of fused-ring (bicyclic) bond motifs is 1. The molecule has 0 radical (unpaired) electrons. The number of rotatable bonds is 0. The maximum atomic E-state index is 11.7. The standard InChI is InChI=1S/C8H4Br2O2S/c9-7-5-3-1-2-4-6(5)13(11,12)8(7)10/h1-4H. The predicted octanol–water partition coefficient (Wildman–Crippen LogP) is 2.89. The molecule has 68 valence electrons. The first-order valence-electron chi connectivity index (χ1n) is 3.45. The van der Waals surface area contributed by atoms with E-state index in [-0.39, 0.29) is 3.81 Å². The summed E-state index contributed by atoms with van der Waals surface area (Å²) in [6.45, 7) is 0. The van der Waals surface area contributed by atoms with Crippen molar-refractivity contribution in [3.63, 3.8) is 0 Å². The zero-order chi connectivity index (χ0) is 9.64. The highest BCUT2D eigenvalue weighted by molar-refractivity contribution is 9.17. The van der Waals surface area contributed by atoms with E-state index in [0.29, 0.717) is 9.38 Å². The van der Waals surface area contributed by atoms with Gasteiger partial charge in [0.15, 0.2) is 0 Å². The highest BCUT2D eigenvalue weighted by Gasteiger charge is 2.32. The molecule has 0 amide bonds. The summed E-state index contributed by atoms with van der Waals surface area (Å²) in [4.78, 5) is 0.355. The van der Waals surface area contributed by atoms with Gasteiger partial charge in [-0.05, 0) is 37.9 Å². The van der Waals surface area contributed by atoms with Crippen LogP contribution in [-0.2, 0) is 9.84 Å². The minimum Gasteiger partial charge on any atom is -0.218 e. The lowest BCUT2D eigenvalue weighted by molar-refractivity contribution is 0.605. The zero-order valence-corrected chi connectivity index (χ0v) is 10.3. The topological polar surface area (TPSA) is 34.1 Å². The maximum Gasteiger partial charge on any atom is 0.214 e. The van der Waals surface area contributed by atoms with Crippen LogP contribution in [0.25, 0.3) is 4.48 Å². The minimum atomic E-state index is -3.28. The fourth-order valence-electron chi connectivity index (χ4n) is 1.20. The van der Waals surface area contributed by atoms with Crippen LogP contribution in [0.5, 0.6) is 0 Å². The van der Waals surface area contributed by atoms with Gasteiger partial charge in [0, 0.05) is 5.56 Å². The van der Waals surface area contributed by atoms with Gasteiger partial charge in [-0.1, -0.05) is 18.2 Å². The van der Waals surface area contributed by atoms with Gasteiger partial charge in [-0.15, -0.1) is 0 Å². The molecule has 1 aliphatic heterocycles. The number of hydrogen-bond acceptors (Lipinski definition) is 2. The molecule has 1 aromatic carbocycles. The molecule has 2 rings (SSSR count). The number of benzene rings is 1. The van der Waals surface area contributed by atoms with Gasteiger partial charge in [-0.25, -0.2) is 8.42 Å². The smallest absolute Gasteiger partial charge is 0.214 e. The molecule has 0 N–H and O–H groups in total. The Morgan fingerprint density at radius 1 is 1.08 bits per heavy atom. The maximum absolute atomic E-state index is 11.7. The number of hydrogen-bond donors (Lipinski definition) is 0. The predicted molar refractivity (Wildman–Crippen MR) is 58.4 cm³/mol. The normalized spacial score (nSPS) is 18.9. The van der Waals surface area contributed by atoms with Gasteiger partial charge in [0.25, 0.3) is 0 Å². The van der Waals surface area contributed by atoms with Crippen LogP contribution < -0.4 is 0 Å². The number of halogens is 2. The minimum absolute atomic E-state index is 0.209. The molecule has 0 aromatic heterocycles. The Morgan fingerprint density at radius 3 is 2.31 bits per heavy atom. The van der Waals surface area contributed by atoms with Gasteiger partial charge in [0.2, 0.25) is 9.84 Å². The fraction of sp³-hybridized carbons (Fsp3) is 0. The van der Waals surface area contributed by atoms with Crippen molar-refractivity contribution >= 4 is 46.2 Å². The summed E-state index contributed by atoms with van der Waals surface area (Å²) in [7, 11) is -3.28. The first kappa shape index (κ1) is 9.43. The van der Waals surface area contributed by atoms with Crippen molar-refractivity contribution < 1.29 is 8.42 Å². The average molecular weight is 324 g/mol. The van der Waals surface area contributed by atoms with Crippen molar-refractivity contribution in [1.82, 2.24) is 0 Å². The Bertz CT molecular complexity index is 503. The molecule has 1 aliphatic rings. The summed E-state index contributed by atoms with van der Waals surface area (Å²) in [5.74, 6) is 0. The quantitative estimate of drug-likeness (QED) is 0.735. The van der Waals surface area contributed by atoms with Crippen LogP contribution >= 0.6 is 31.9 Å². The summed E-state index contributed by atoms with van der Waals surface area (Å²) in [6, 6.07) is 6.88. The molecule has 0 saturated heterocycles. The van der Waals surface area contributed by atoms with Crippen molar-refractivity contribution in [2.24, 2.45) is 0 Å². The van der Waals surface area contributed by atoms with Crippen molar-refractivity contribution in [3.8, 4) is 0 Å². The highest BCUT2D eigenvalue weighted by atomic mass is 79.9. The molecule has 0 bridgehead atoms. The molecule has 0 spiro atoms. The first-order chi connectivity index (χ1) is 6.05. The van der Waals surface area contributed by atoms with Crippen LogP contribution in [0.15, 0.2) is 33.0 Å². The van der Waals surface area contributed by atoms with Gasteiger partial charge in [0.1, 0.15) is 3.81 Å². The zero-order valence-electron chi connectivity index (χ0n) is 6.29. The van der Waals surface area contributed by atoms with E-state index in [1.54, 1.807) is 24.3 Å². The van der Waals surface area contributed by atoms with Gasteiger partial charge in [0.05, 0.1) is 9.38 Å². The molecule has 0 unspecified atom stereocenters. The summed E-state index contributed by atoms with van der Waals surface area (Å²) < 4.78 is 24.1. The van der Waals surface area contributed by atoms with Crippen LogP contribution in [-0.4, -0.2) is 8.42 Å². The first-order valence-corrected chi connectivity index (χ1v) is 6.52. The van der Waals surface area contributed by atoms with E-state index in [1.165, 1.54) is 0 Å². The van der Waals surface area contributed by atoms with Crippen molar-refractivity contribution in [2.45, 2.75) is 4.90 Å². The molecule has 0 saturated carbocycles. The van der Waals surface area contributed by atoms with E-state index >= 15 is 0 Å². The van der Waals surface area contributed by atoms with Crippen LogP contribution in [0.4, 0.5) is 0 Å². The molecular formula is C8H4Br2O2S. The summed E-state index contributed by atoms with van der Waals surface area (Å²) >= 11 is 6.28. The monoisotopic (exact) mass is 322 g/mol. The molecule has 0 fully saturated rings. The third-order valence-electron chi connectivity index (χ3n) is 1.82. The second-order valence-electron chi connectivity index (χ2n) is 2.59. The lowest BCUT2D eigenvalue weighted by Gasteiger charge is -1.96. The Kier molecular flexibility index (Phi) is 2.13. The third kappa shape index (κ3) is 1.21. The number of sulfone groups is 1. The molecule has 0 aliphatic carbocycles. The van der Waals surface area contributed by atoms with Crippen molar-refractivity contribution in [3.05, 3.63) is 33.6 Å². The van der Waals surface area contributed by atoms with Crippen LogP contribution in [0.1, 0.15) is 5.56 Å². The third-order valence-corrected chi connectivity index (χ3v) is 6.73. The average Bonchev–Trinajstić information content (AvgIpc) is 2.30. The van der Waals surface area contributed by atoms with E-state index in [0.717, 1.165) is 5.56 Å².